The lowest BCUT2D eigenvalue weighted by Gasteiger charge is -2.00. The lowest BCUT2D eigenvalue weighted by molar-refractivity contribution is 0.500. The average Bonchev–Trinajstić information content (AvgIpc) is 2.78. The first kappa shape index (κ1) is 12.1. The minimum atomic E-state index is 0.524. The number of halogens is 1. The second-order valence-corrected chi connectivity index (χ2v) is 4.25. The molecule has 0 bridgehead atoms. The normalized spacial score (nSPS) is 10.8. The van der Waals surface area contributed by atoms with Crippen LogP contribution in [0.2, 0.25) is 5.02 Å². The summed E-state index contributed by atoms with van der Waals surface area (Å²) in [5, 5.41) is 11.7. The number of aryl methyl sites for hydroxylation is 1. The third kappa shape index (κ3) is 2.84. The van der Waals surface area contributed by atoms with Gasteiger partial charge in [0, 0.05) is 23.6 Å². The van der Waals surface area contributed by atoms with Crippen LogP contribution in [0, 0.1) is 6.92 Å². The molecule has 2 aromatic rings. The molecule has 0 aliphatic heterocycles. The van der Waals surface area contributed by atoms with Gasteiger partial charge in [-0.3, -0.25) is 0 Å². The number of nitrogens with zero attached hydrogens (tertiary/aromatic N) is 2. The predicted molar refractivity (Wildman–Crippen MR) is 67.1 cm³/mol. The van der Waals surface area contributed by atoms with E-state index in [1.54, 1.807) is 0 Å². The van der Waals surface area contributed by atoms with Crippen molar-refractivity contribution >= 4 is 11.6 Å². The molecule has 0 radical (unpaired) electrons. The molecule has 2 rings (SSSR count). The van der Waals surface area contributed by atoms with Crippen LogP contribution in [-0.2, 0) is 6.42 Å². The van der Waals surface area contributed by atoms with Crippen molar-refractivity contribution < 1.29 is 4.42 Å². The second kappa shape index (κ2) is 5.29. The molecule has 0 saturated heterocycles. The zero-order valence-corrected chi connectivity index (χ0v) is 10.6. The molecule has 0 saturated carbocycles. The van der Waals surface area contributed by atoms with Gasteiger partial charge in [0.1, 0.15) is 0 Å². The van der Waals surface area contributed by atoms with Crippen molar-refractivity contribution in [1.29, 1.82) is 0 Å². The molecule has 1 aromatic carbocycles. The molecule has 0 fully saturated rings. The molecule has 17 heavy (non-hydrogen) atoms. The summed E-state index contributed by atoms with van der Waals surface area (Å²) in [6.07, 6.45) is 0.725. The Balaban J connectivity index is 2.27. The molecule has 0 atom stereocenters. The van der Waals surface area contributed by atoms with Crippen LogP contribution in [-0.4, -0.2) is 23.8 Å². The highest BCUT2D eigenvalue weighted by Crippen LogP contribution is 2.25. The van der Waals surface area contributed by atoms with Gasteiger partial charge in [-0.15, -0.1) is 10.2 Å². The van der Waals surface area contributed by atoms with E-state index in [0.717, 1.165) is 24.1 Å². The molecule has 0 amide bonds. The van der Waals surface area contributed by atoms with Gasteiger partial charge in [-0.25, -0.2) is 0 Å². The highest BCUT2D eigenvalue weighted by atomic mass is 35.5. The SMILES string of the molecule is CNCCc1nnc(-c2cc(Cl)ccc2C)o1. The Kier molecular flexibility index (Phi) is 3.76. The maximum Gasteiger partial charge on any atom is 0.248 e. The fourth-order valence-electron chi connectivity index (χ4n) is 1.52. The molecule has 1 N–H and O–H groups in total. The standard InChI is InChI=1S/C12H14ClN3O/c1-8-3-4-9(13)7-10(8)12-16-15-11(17-12)5-6-14-2/h3-4,7,14H,5-6H2,1-2H3. The van der Waals surface area contributed by atoms with E-state index in [9.17, 15) is 0 Å². The Morgan fingerprint density at radius 2 is 2.18 bits per heavy atom. The number of likely N-dealkylation sites (N-methyl/N-ethyl adjacent to an activating group) is 1. The lowest BCUT2D eigenvalue weighted by atomic mass is 10.1. The van der Waals surface area contributed by atoms with Crippen molar-refractivity contribution in [1.82, 2.24) is 15.5 Å². The number of nitrogens with one attached hydrogen (secondary N) is 1. The van der Waals surface area contributed by atoms with Gasteiger partial charge in [-0.1, -0.05) is 17.7 Å². The van der Waals surface area contributed by atoms with E-state index in [4.69, 9.17) is 16.0 Å². The first-order chi connectivity index (χ1) is 8.20. The Bertz CT molecular complexity index is 510. The van der Waals surface area contributed by atoms with Crippen molar-refractivity contribution in [3.05, 3.63) is 34.7 Å². The fraction of sp³-hybridized carbons (Fsp3) is 0.333. The summed E-state index contributed by atoms with van der Waals surface area (Å²) in [6.45, 7) is 2.80. The highest BCUT2D eigenvalue weighted by molar-refractivity contribution is 6.30. The van der Waals surface area contributed by atoms with Gasteiger partial charge in [-0.2, -0.15) is 0 Å². The zero-order chi connectivity index (χ0) is 12.3. The summed E-state index contributed by atoms with van der Waals surface area (Å²) in [5.74, 6) is 1.16. The largest absolute Gasteiger partial charge is 0.421 e. The first-order valence-corrected chi connectivity index (χ1v) is 5.82. The van der Waals surface area contributed by atoms with Gasteiger partial charge < -0.3 is 9.73 Å². The summed E-state index contributed by atoms with van der Waals surface area (Å²) < 4.78 is 5.59. The van der Waals surface area contributed by atoms with Crippen molar-refractivity contribution in [2.24, 2.45) is 0 Å². The van der Waals surface area contributed by atoms with Crippen molar-refractivity contribution in [3.63, 3.8) is 0 Å². The molecular weight excluding hydrogens is 238 g/mol. The molecule has 5 heteroatoms. The number of benzene rings is 1. The Labute approximate surface area is 105 Å². The van der Waals surface area contributed by atoms with E-state index in [1.807, 2.05) is 32.2 Å². The summed E-state index contributed by atoms with van der Waals surface area (Å²) >= 11 is 5.96. The maximum atomic E-state index is 5.96. The van der Waals surface area contributed by atoms with Crippen LogP contribution in [0.5, 0.6) is 0 Å². The third-order valence-electron chi connectivity index (χ3n) is 2.49. The molecular formula is C12H14ClN3O. The average molecular weight is 252 g/mol. The van der Waals surface area contributed by atoms with E-state index in [-0.39, 0.29) is 0 Å². The number of hydrogen-bond acceptors (Lipinski definition) is 4. The minimum Gasteiger partial charge on any atom is -0.421 e. The lowest BCUT2D eigenvalue weighted by Crippen LogP contribution is -2.10. The smallest absolute Gasteiger partial charge is 0.248 e. The summed E-state index contributed by atoms with van der Waals surface area (Å²) in [5.41, 5.74) is 1.96. The van der Waals surface area contributed by atoms with Gasteiger partial charge in [0.05, 0.1) is 0 Å². The monoisotopic (exact) mass is 251 g/mol. The quantitative estimate of drug-likeness (QED) is 0.907. The Hall–Kier alpha value is -1.39. The third-order valence-corrected chi connectivity index (χ3v) is 2.72. The number of rotatable bonds is 4. The van der Waals surface area contributed by atoms with Crippen LogP contribution in [0.1, 0.15) is 11.5 Å². The molecule has 0 spiro atoms. The number of aromatic nitrogens is 2. The molecule has 1 heterocycles. The van der Waals surface area contributed by atoms with Crippen LogP contribution >= 0.6 is 11.6 Å². The first-order valence-electron chi connectivity index (χ1n) is 5.44. The molecule has 0 unspecified atom stereocenters. The van der Waals surface area contributed by atoms with Gasteiger partial charge >= 0.3 is 0 Å². The number of hydrogen-bond donors (Lipinski definition) is 1. The van der Waals surface area contributed by atoms with Gasteiger partial charge in [0.15, 0.2) is 0 Å². The van der Waals surface area contributed by atoms with E-state index in [0.29, 0.717) is 16.8 Å². The molecule has 0 aliphatic carbocycles. The van der Waals surface area contributed by atoms with E-state index < -0.39 is 0 Å². The molecule has 90 valence electrons. The Morgan fingerprint density at radius 3 is 2.94 bits per heavy atom. The summed E-state index contributed by atoms with van der Waals surface area (Å²) in [6, 6.07) is 5.63. The van der Waals surface area contributed by atoms with Gasteiger partial charge in [0.2, 0.25) is 11.8 Å². The maximum absolute atomic E-state index is 5.96. The van der Waals surface area contributed by atoms with Crippen molar-refractivity contribution in [3.8, 4) is 11.5 Å². The van der Waals surface area contributed by atoms with E-state index in [1.165, 1.54) is 0 Å². The van der Waals surface area contributed by atoms with E-state index >= 15 is 0 Å². The van der Waals surface area contributed by atoms with Gasteiger partial charge in [0.25, 0.3) is 0 Å². The van der Waals surface area contributed by atoms with E-state index in [2.05, 4.69) is 15.5 Å². The second-order valence-electron chi connectivity index (χ2n) is 3.81. The topological polar surface area (TPSA) is 51.0 Å². The summed E-state index contributed by atoms with van der Waals surface area (Å²) in [4.78, 5) is 0. The molecule has 0 aliphatic rings. The fourth-order valence-corrected chi connectivity index (χ4v) is 1.69. The highest BCUT2D eigenvalue weighted by Gasteiger charge is 2.11. The van der Waals surface area contributed by atoms with Gasteiger partial charge in [-0.05, 0) is 31.7 Å². The van der Waals surface area contributed by atoms with Crippen LogP contribution in [0.25, 0.3) is 11.5 Å². The van der Waals surface area contributed by atoms with Crippen LogP contribution in [0.4, 0.5) is 0 Å². The zero-order valence-electron chi connectivity index (χ0n) is 9.83. The molecule has 1 aromatic heterocycles. The predicted octanol–water partition coefficient (Wildman–Crippen LogP) is 2.46. The summed E-state index contributed by atoms with van der Waals surface area (Å²) in [7, 11) is 1.89. The van der Waals surface area contributed by atoms with Crippen LogP contribution in [0.15, 0.2) is 22.6 Å². The Morgan fingerprint density at radius 1 is 1.35 bits per heavy atom. The minimum absolute atomic E-state index is 0.524. The van der Waals surface area contributed by atoms with Crippen molar-refractivity contribution in [2.75, 3.05) is 13.6 Å². The van der Waals surface area contributed by atoms with Crippen LogP contribution < -0.4 is 5.32 Å². The van der Waals surface area contributed by atoms with Crippen molar-refractivity contribution in [2.45, 2.75) is 13.3 Å². The molecule has 4 nitrogen and oxygen atoms in total. The van der Waals surface area contributed by atoms with Crippen LogP contribution in [0.3, 0.4) is 0 Å².